The van der Waals surface area contributed by atoms with Crippen molar-refractivity contribution in [2.24, 2.45) is 0 Å². The fraction of sp³-hybridized carbons (Fsp3) is 0.750. The Kier molecular flexibility index (Phi) is 5.22. The summed E-state index contributed by atoms with van der Waals surface area (Å²) >= 11 is 1.78. The summed E-state index contributed by atoms with van der Waals surface area (Å²) < 4.78 is 0. The molecule has 1 aromatic rings. The van der Waals surface area contributed by atoms with Crippen molar-refractivity contribution in [3.05, 3.63) is 11.1 Å². The van der Waals surface area contributed by atoms with Gasteiger partial charge in [0.15, 0.2) is 5.13 Å². The highest BCUT2D eigenvalue weighted by Crippen LogP contribution is 2.35. The molecule has 1 N–H and O–H groups in total. The molecule has 5 heteroatoms. The number of nitrogens with zero attached hydrogens (tertiary/aromatic N) is 2. The number of rotatable bonds is 5. The summed E-state index contributed by atoms with van der Waals surface area (Å²) in [4.78, 5) is 7.79. The predicted molar refractivity (Wildman–Crippen MR) is 77.4 cm³/mol. The van der Waals surface area contributed by atoms with E-state index in [1.807, 2.05) is 20.3 Å². The smallest absolute Gasteiger partial charge is 0.185 e. The van der Waals surface area contributed by atoms with Crippen molar-refractivity contribution in [1.29, 1.82) is 0 Å². The summed E-state index contributed by atoms with van der Waals surface area (Å²) in [7, 11) is 4.07. The van der Waals surface area contributed by atoms with E-state index < -0.39 is 0 Å². The van der Waals surface area contributed by atoms with Crippen molar-refractivity contribution in [3.8, 4) is 0 Å². The molecule has 3 nitrogen and oxygen atoms in total. The summed E-state index contributed by atoms with van der Waals surface area (Å²) in [6, 6.07) is 0. The van der Waals surface area contributed by atoms with Gasteiger partial charge in [0.25, 0.3) is 0 Å². The van der Waals surface area contributed by atoms with Gasteiger partial charge in [-0.2, -0.15) is 0 Å². The third kappa shape index (κ3) is 3.33. The van der Waals surface area contributed by atoms with Gasteiger partial charge >= 0.3 is 0 Å². The van der Waals surface area contributed by atoms with Crippen molar-refractivity contribution < 1.29 is 0 Å². The van der Waals surface area contributed by atoms with Gasteiger partial charge in [0.2, 0.25) is 0 Å². The van der Waals surface area contributed by atoms with Crippen LogP contribution in [0.15, 0.2) is 6.20 Å². The van der Waals surface area contributed by atoms with Crippen molar-refractivity contribution in [1.82, 2.24) is 10.3 Å². The lowest BCUT2D eigenvalue weighted by Gasteiger charge is -2.42. The number of aromatic nitrogens is 1. The lowest BCUT2D eigenvalue weighted by atomic mass is 9.75. The quantitative estimate of drug-likeness (QED) is 0.895. The molecule has 17 heavy (non-hydrogen) atoms. The van der Waals surface area contributed by atoms with Crippen molar-refractivity contribution in [2.45, 2.75) is 44.7 Å². The van der Waals surface area contributed by atoms with Gasteiger partial charge in [-0.05, 0) is 25.7 Å². The van der Waals surface area contributed by atoms with Crippen LogP contribution in [-0.2, 0) is 6.54 Å². The maximum Gasteiger partial charge on any atom is 0.185 e. The molecule has 0 saturated heterocycles. The molecule has 98 valence electrons. The first-order valence-electron chi connectivity index (χ1n) is 6.02. The zero-order valence-corrected chi connectivity index (χ0v) is 12.5. The van der Waals surface area contributed by atoms with Crippen LogP contribution >= 0.6 is 23.7 Å². The van der Waals surface area contributed by atoms with Gasteiger partial charge in [0.1, 0.15) is 0 Å². The second kappa shape index (κ2) is 6.03. The van der Waals surface area contributed by atoms with Crippen molar-refractivity contribution in [3.63, 3.8) is 0 Å². The molecule has 0 radical (unpaired) electrons. The normalized spacial score (nSPS) is 17.1. The molecule has 0 aliphatic heterocycles. The third-order valence-electron chi connectivity index (χ3n) is 3.55. The Morgan fingerprint density at radius 1 is 1.47 bits per heavy atom. The molecule has 0 unspecified atom stereocenters. The average molecular weight is 276 g/mol. The Morgan fingerprint density at radius 2 is 2.18 bits per heavy atom. The first kappa shape index (κ1) is 14.7. The first-order chi connectivity index (χ1) is 7.65. The summed E-state index contributed by atoms with van der Waals surface area (Å²) in [6.07, 6.45) is 7.29. The van der Waals surface area contributed by atoms with Crippen LogP contribution in [0.25, 0.3) is 0 Å². The maximum atomic E-state index is 4.39. The fourth-order valence-corrected chi connectivity index (χ4v) is 2.89. The highest BCUT2D eigenvalue weighted by Gasteiger charge is 2.34. The minimum atomic E-state index is 0. The second-order valence-corrected chi connectivity index (χ2v) is 5.94. The number of anilines is 1. The standard InChI is InChI=1S/C12H21N3S.ClH/c1-4-12(6-5-7-12)14-9-10-8-13-11(16-10)15(2)3;/h8,14H,4-7,9H2,1-3H3;1H. The van der Waals surface area contributed by atoms with E-state index in [1.165, 1.54) is 30.6 Å². The summed E-state index contributed by atoms with van der Waals surface area (Å²) in [5, 5.41) is 4.80. The van der Waals surface area contributed by atoms with Crippen LogP contribution in [-0.4, -0.2) is 24.6 Å². The van der Waals surface area contributed by atoms with Gasteiger partial charge in [-0.25, -0.2) is 4.98 Å². The highest BCUT2D eigenvalue weighted by molar-refractivity contribution is 7.15. The Hall–Kier alpha value is -0.320. The average Bonchev–Trinajstić information content (AvgIpc) is 2.65. The van der Waals surface area contributed by atoms with Crippen LogP contribution in [0.4, 0.5) is 5.13 Å². The minimum absolute atomic E-state index is 0. The molecule has 2 rings (SSSR count). The number of halogens is 1. The number of hydrogen-bond donors (Lipinski definition) is 1. The Bertz CT molecular complexity index is 342. The monoisotopic (exact) mass is 275 g/mol. The van der Waals surface area contributed by atoms with Crippen LogP contribution in [0.1, 0.15) is 37.5 Å². The zero-order valence-electron chi connectivity index (χ0n) is 10.8. The van der Waals surface area contributed by atoms with Crippen molar-refractivity contribution in [2.75, 3.05) is 19.0 Å². The molecule has 0 spiro atoms. The number of nitrogens with one attached hydrogen (secondary N) is 1. The lowest BCUT2D eigenvalue weighted by molar-refractivity contribution is 0.176. The zero-order chi connectivity index (χ0) is 11.6. The fourth-order valence-electron chi connectivity index (χ4n) is 2.12. The maximum absolute atomic E-state index is 4.39. The number of hydrogen-bond acceptors (Lipinski definition) is 4. The molecule has 1 aromatic heterocycles. The predicted octanol–water partition coefficient (Wildman–Crippen LogP) is 3.05. The molecule has 0 aromatic carbocycles. The van der Waals surface area contributed by atoms with Crippen LogP contribution in [0.5, 0.6) is 0 Å². The van der Waals surface area contributed by atoms with Crippen molar-refractivity contribution >= 4 is 28.9 Å². The van der Waals surface area contributed by atoms with Gasteiger partial charge < -0.3 is 10.2 Å². The van der Waals surface area contributed by atoms with E-state index in [9.17, 15) is 0 Å². The lowest BCUT2D eigenvalue weighted by Crippen LogP contribution is -2.49. The molecule has 1 fully saturated rings. The van der Waals surface area contributed by atoms with E-state index in [-0.39, 0.29) is 12.4 Å². The van der Waals surface area contributed by atoms with E-state index in [0.717, 1.165) is 11.7 Å². The van der Waals surface area contributed by atoms with Gasteiger partial charge in [-0.15, -0.1) is 23.7 Å². The van der Waals surface area contributed by atoms with Crippen LogP contribution in [0, 0.1) is 0 Å². The summed E-state index contributed by atoms with van der Waals surface area (Å²) in [6.45, 7) is 3.25. The van der Waals surface area contributed by atoms with Gasteiger partial charge in [0.05, 0.1) is 0 Å². The molecule has 1 aliphatic rings. The Morgan fingerprint density at radius 3 is 2.59 bits per heavy atom. The molecule has 1 saturated carbocycles. The summed E-state index contributed by atoms with van der Waals surface area (Å²) in [5.74, 6) is 0. The van der Waals surface area contributed by atoms with Gasteiger partial charge in [-0.1, -0.05) is 6.92 Å². The second-order valence-electron chi connectivity index (χ2n) is 4.84. The Labute approximate surface area is 114 Å². The van der Waals surface area contributed by atoms with Gasteiger partial charge in [0, 0.05) is 37.3 Å². The van der Waals surface area contributed by atoms with E-state index in [2.05, 4.69) is 22.1 Å². The minimum Gasteiger partial charge on any atom is -0.354 e. The topological polar surface area (TPSA) is 28.2 Å². The third-order valence-corrected chi connectivity index (χ3v) is 4.71. The SMILES string of the molecule is CCC1(NCc2cnc(N(C)C)s2)CCC1.Cl. The van der Waals surface area contributed by atoms with Crippen LogP contribution in [0.3, 0.4) is 0 Å². The molecule has 0 bridgehead atoms. The van der Waals surface area contributed by atoms with Crippen LogP contribution < -0.4 is 10.2 Å². The molecule has 1 aliphatic carbocycles. The molecular weight excluding hydrogens is 254 g/mol. The first-order valence-corrected chi connectivity index (χ1v) is 6.84. The molecule has 1 heterocycles. The van der Waals surface area contributed by atoms with E-state index in [0.29, 0.717) is 5.54 Å². The van der Waals surface area contributed by atoms with E-state index in [1.54, 1.807) is 11.3 Å². The molecule has 0 amide bonds. The highest BCUT2D eigenvalue weighted by atomic mass is 35.5. The Balaban J connectivity index is 0.00000144. The van der Waals surface area contributed by atoms with E-state index >= 15 is 0 Å². The van der Waals surface area contributed by atoms with E-state index in [4.69, 9.17) is 0 Å². The van der Waals surface area contributed by atoms with Crippen LogP contribution in [0.2, 0.25) is 0 Å². The largest absolute Gasteiger partial charge is 0.354 e. The molecule has 0 atom stereocenters. The summed E-state index contributed by atoms with van der Waals surface area (Å²) in [5.41, 5.74) is 0.433. The number of thiazole rings is 1. The molecular formula is C12H22ClN3S. The van der Waals surface area contributed by atoms with Gasteiger partial charge in [-0.3, -0.25) is 0 Å².